The van der Waals surface area contributed by atoms with E-state index in [9.17, 15) is 0 Å². The van der Waals surface area contributed by atoms with E-state index in [1.807, 2.05) is 24.3 Å². The highest BCUT2D eigenvalue weighted by Crippen LogP contribution is 2.18. The van der Waals surface area contributed by atoms with Crippen LogP contribution in [0.15, 0.2) is 24.3 Å². The van der Waals surface area contributed by atoms with Gasteiger partial charge in [0.15, 0.2) is 0 Å². The zero-order valence-electron chi connectivity index (χ0n) is 11.7. The number of benzene rings is 1. The van der Waals surface area contributed by atoms with E-state index in [0.717, 1.165) is 50.6 Å². The van der Waals surface area contributed by atoms with Crippen molar-refractivity contribution in [3.8, 4) is 5.75 Å². The summed E-state index contributed by atoms with van der Waals surface area (Å²) >= 11 is 0. The standard InChI is InChI=1S/C15H24N2O2/c1-13(17-7-10-18-11-8-17)6-9-19-15-5-3-2-4-14(15)12-16/h2-5,13H,6-12,16H2,1H3. The molecule has 1 atom stereocenters. The summed E-state index contributed by atoms with van der Waals surface area (Å²) in [7, 11) is 0. The van der Waals surface area contributed by atoms with Crippen LogP contribution in [-0.4, -0.2) is 43.9 Å². The molecule has 4 nitrogen and oxygen atoms in total. The maximum atomic E-state index is 5.85. The first-order valence-electron chi connectivity index (χ1n) is 7.04. The van der Waals surface area contributed by atoms with Crippen LogP contribution in [0.3, 0.4) is 0 Å². The van der Waals surface area contributed by atoms with E-state index in [2.05, 4.69) is 11.8 Å². The molecule has 0 saturated carbocycles. The van der Waals surface area contributed by atoms with Crippen molar-refractivity contribution in [1.29, 1.82) is 0 Å². The van der Waals surface area contributed by atoms with Crippen molar-refractivity contribution >= 4 is 0 Å². The summed E-state index contributed by atoms with van der Waals surface area (Å²) in [6.45, 7) is 7.26. The van der Waals surface area contributed by atoms with Crippen molar-refractivity contribution in [3.05, 3.63) is 29.8 Å². The predicted molar refractivity (Wildman–Crippen MR) is 76.3 cm³/mol. The van der Waals surface area contributed by atoms with Gasteiger partial charge in [0.1, 0.15) is 5.75 Å². The van der Waals surface area contributed by atoms with Gasteiger partial charge in [0.2, 0.25) is 0 Å². The monoisotopic (exact) mass is 264 g/mol. The molecule has 0 aliphatic carbocycles. The fraction of sp³-hybridized carbons (Fsp3) is 0.600. The van der Waals surface area contributed by atoms with Gasteiger partial charge in [-0.1, -0.05) is 18.2 Å². The van der Waals surface area contributed by atoms with Gasteiger partial charge < -0.3 is 15.2 Å². The number of morpholine rings is 1. The second-order valence-electron chi connectivity index (χ2n) is 4.95. The van der Waals surface area contributed by atoms with E-state index < -0.39 is 0 Å². The Labute approximate surface area is 115 Å². The summed E-state index contributed by atoms with van der Waals surface area (Å²) in [5.41, 5.74) is 6.77. The number of hydrogen-bond acceptors (Lipinski definition) is 4. The molecule has 2 rings (SSSR count). The topological polar surface area (TPSA) is 47.7 Å². The van der Waals surface area contributed by atoms with Crippen LogP contribution in [0.25, 0.3) is 0 Å². The fourth-order valence-corrected chi connectivity index (χ4v) is 2.35. The molecule has 0 aromatic heterocycles. The first-order valence-corrected chi connectivity index (χ1v) is 7.04. The molecular weight excluding hydrogens is 240 g/mol. The van der Waals surface area contributed by atoms with E-state index >= 15 is 0 Å². The minimum absolute atomic E-state index is 0.523. The van der Waals surface area contributed by atoms with Crippen molar-refractivity contribution in [3.63, 3.8) is 0 Å². The SMILES string of the molecule is CC(CCOc1ccccc1CN)N1CCOCC1. The lowest BCUT2D eigenvalue weighted by Crippen LogP contribution is -2.42. The third kappa shape index (κ3) is 4.20. The summed E-state index contributed by atoms with van der Waals surface area (Å²) in [5.74, 6) is 0.916. The Morgan fingerprint density at radius 2 is 2.05 bits per heavy atom. The normalized spacial score (nSPS) is 18.2. The van der Waals surface area contributed by atoms with Gasteiger partial charge in [0.05, 0.1) is 19.8 Å². The molecular formula is C15H24N2O2. The Bertz CT molecular complexity index is 378. The first kappa shape index (κ1) is 14.3. The van der Waals surface area contributed by atoms with Crippen molar-refractivity contribution in [1.82, 2.24) is 4.90 Å². The quantitative estimate of drug-likeness (QED) is 0.848. The summed E-state index contributed by atoms with van der Waals surface area (Å²) in [6, 6.07) is 8.52. The number of hydrogen-bond donors (Lipinski definition) is 1. The third-order valence-corrected chi connectivity index (χ3v) is 3.65. The minimum atomic E-state index is 0.523. The van der Waals surface area contributed by atoms with Gasteiger partial charge in [-0.2, -0.15) is 0 Å². The van der Waals surface area contributed by atoms with Crippen LogP contribution >= 0.6 is 0 Å². The summed E-state index contributed by atoms with van der Waals surface area (Å²) < 4.78 is 11.2. The molecule has 1 fully saturated rings. The van der Waals surface area contributed by atoms with Crippen LogP contribution in [0.5, 0.6) is 5.75 Å². The zero-order chi connectivity index (χ0) is 13.5. The lowest BCUT2D eigenvalue weighted by Gasteiger charge is -2.32. The Hall–Kier alpha value is -1.10. The van der Waals surface area contributed by atoms with Crippen LogP contribution in [0.1, 0.15) is 18.9 Å². The predicted octanol–water partition coefficient (Wildman–Crippen LogP) is 1.63. The van der Waals surface area contributed by atoms with Gasteiger partial charge in [-0.25, -0.2) is 0 Å². The van der Waals surface area contributed by atoms with Crippen LogP contribution < -0.4 is 10.5 Å². The highest BCUT2D eigenvalue weighted by molar-refractivity contribution is 5.32. The van der Waals surface area contributed by atoms with Crippen LogP contribution in [0, 0.1) is 0 Å². The zero-order valence-corrected chi connectivity index (χ0v) is 11.7. The van der Waals surface area contributed by atoms with E-state index in [0.29, 0.717) is 12.6 Å². The fourth-order valence-electron chi connectivity index (χ4n) is 2.35. The lowest BCUT2D eigenvalue weighted by molar-refractivity contribution is 0.0161. The number of ether oxygens (including phenoxy) is 2. The average molecular weight is 264 g/mol. The molecule has 0 amide bonds. The molecule has 1 aromatic carbocycles. The molecule has 1 aliphatic heterocycles. The van der Waals surface area contributed by atoms with Gasteiger partial charge in [-0.15, -0.1) is 0 Å². The molecule has 1 aliphatic rings. The summed E-state index contributed by atoms with van der Waals surface area (Å²) in [5, 5.41) is 0. The molecule has 2 N–H and O–H groups in total. The third-order valence-electron chi connectivity index (χ3n) is 3.65. The Morgan fingerprint density at radius 1 is 1.32 bits per heavy atom. The molecule has 1 aromatic rings. The van der Waals surface area contributed by atoms with E-state index in [4.69, 9.17) is 15.2 Å². The smallest absolute Gasteiger partial charge is 0.123 e. The molecule has 4 heteroatoms. The van der Waals surface area contributed by atoms with Gasteiger partial charge in [-0.05, 0) is 19.4 Å². The van der Waals surface area contributed by atoms with Gasteiger partial charge in [0.25, 0.3) is 0 Å². The van der Waals surface area contributed by atoms with E-state index in [-0.39, 0.29) is 0 Å². The molecule has 19 heavy (non-hydrogen) atoms. The highest BCUT2D eigenvalue weighted by Gasteiger charge is 2.16. The van der Waals surface area contributed by atoms with Crippen molar-refractivity contribution in [2.24, 2.45) is 5.73 Å². The molecule has 1 heterocycles. The van der Waals surface area contributed by atoms with E-state index in [1.54, 1.807) is 0 Å². The van der Waals surface area contributed by atoms with Crippen molar-refractivity contribution in [2.75, 3.05) is 32.9 Å². The Kier molecular flexibility index (Phi) is 5.63. The number of nitrogens with two attached hydrogens (primary N) is 1. The largest absolute Gasteiger partial charge is 0.493 e. The molecule has 1 saturated heterocycles. The Morgan fingerprint density at radius 3 is 2.79 bits per heavy atom. The molecule has 0 bridgehead atoms. The van der Waals surface area contributed by atoms with Crippen molar-refractivity contribution in [2.45, 2.75) is 25.9 Å². The number of nitrogens with zero attached hydrogens (tertiary/aromatic N) is 1. The highest BCUT2D eigenvalue weighted by atomic mass is 16.5. The second-order valence-corrected chi connectivity index (χ2v) is 4.95. The second kappa shape index (κ2) is 7.48. The van der Waals surface area contributed by atoms with Crippen LogP contribution in [0.4, 0.5) is 0 Å². The Balaban J connectivity index is 1.76. The molecule has 0 radical (unpaired) electrons. The summed E-state index contributed by atoms with van der Waals surface area (Å²) in [6.07, 6.45) is 1.03. The maximum absolute atomic E-state index is 5.85. The number of rotatable bonds is 6. The van der Waals surface area contributed by atoms with Crippen LogP contribution in [0.2, 0.25) is 0 Å². The van der Waals surface area contributed by atoms with Crippen LogP contribution in [-0.2, 0) is 11.3 Å². The first-order chi connectivity index (χ1) is 9.31. The van der Waals surface area contributed by atoms with Gasteiger partial charge in [0, 0.05) is 31.2 Å². The van der Waals surface area contributed by atoms with E-state index in [1.165, 1.54) is 0 Å². The average Bonchev–Trinajstić information content (AvgIpc) is 2.48. The molecule has 0 spiro atoms. The maximum Gasteiger partial charge on any atom is 0.123 e. The summed E-state index contributed by atoms with van der Waals surface area (Å²) in [4.78, 5) is 2.46. The lowest BCUT2D eigenvalue weighted by atomic mass is 10.2. The van der Waals surface area contributed by atoms with Crippen molar-refractivity contribution < 1.29 is 9.47 Å². The molecule has 1 unspecified atom stereocenters. The molecule has 106 valence electrons. The van der Waals surface area contributed by atoms with Gasteiger partial charge >= 0.3 is 0 Å². The minimum Gasteiger partial charge on any atom is -0.493 e. The van der Waals surface area contributed by atoms with Gasteiger partial charge in [-0.3, -0.25) is 4.90 Å². The number of para-hydroxylation sites is 1.